The van der Waals surface area contributed by atoms with Crippen molar-refractivity contribution in [2.75, 3.05) is 6.54 Å². The van der Waals surface area contributed by atoms with Gasteiger partial charge in [-0.2, -0.15) is 0 Å². The van der Waals surface area contributed by atoms with E-state index < -0.39 is 17.7 Å². The van der Waals surface area contributed by atoms with Crippen LogP contribution >= 0.6 is 0 Å². The van der Waals surface area contributed by atoms with E-state index in [0.717, 1.165) is 19.3 Å². The van der Waals surface area contributed by atoms with Gasteiger partial charge in [0.1, 0.15) is 0 Å². The summed E-state index contributed by atoms with van der Waals surface area (Å²) in [6, 6.07) is 0. The Labute approximate surface area is 97.2 Å². The largest absolute Gasteiger partial charge is 0.479 e. The molecule has 0 aromatic heterocycles. The lowest BCUT2D eigenvalue weighted by atomic mass is 9.78. The van der Waals surface area contributed by atoms with E-state index in [-0.39, 0.29) is 0 Å². The highest BCUT2D eigenvalue weighted by atomic mass is 16.5. The molecule has 0 aromatic carbocycles. The number of rotatable bonds is 5. The van der Waals surface area contributed by atoms with Gasteiger partial charge in [-0.05, 0) is 25.2 Å². The summed E-state index contributed by atoms with van der Waals surface area (Å²) in [4.78, 5) is 11.0. The van der Waals surface area contributed by atoms with Crippen LogP contribution in [0.1, 0.15) is 46.0 Å². The van der Waals surface area contributed by atoms with Crippen LogP contribution in [0, 0.1) is 5.92 Å². The number of aliphatic carboxylic acids is 1. The molecule has 1 saturated carbocycles. The van der Waals surface area contributed by atoms with Crippen LogP contribution in [0.3, 0.4) is 0 Å². The second kappa shape index (κ2) is 5.64. The highest BCUT2D eigenvalue weighted by Crippen LogP contribution is 2.35. The standard InChI is InChI=1S/C12H23NO3/c1-3-10(11(14)15)16-12(8-13)6-4-5-9(2)7-12/h9-10H,3-8,13H2,1-2H3,(H,14,15). The van der Waals surface area contributed by atoms with Crippen molar-refractivity contribution in [1.29, 1.82) is 0 Å². The summed E-state index contributed by atoms with van der Waals surface area (Å²) >= 11 is 0. The Morgan fingerprint density at radius 1 is 1.69 bits per heavy atom. The molecular formula is C12H23NO3. The van der Waals surface area contributed by atoms with Crippen LogP contribution < -0.4 is 5.73 Å². The summed E-state index contributed by atoms with van der Waals surface area (Å²) in [5.74, 6) is -0.308. The molecule has 1 aliphatic rings. The van der Waals surface area contributed by atoms with Gasteiger partial charge in [0, 0.05) is 6.54 Å². The molecule has 1 fully saturated rings. The van der Waals surface area contributed by atoms with Gasteiger partial charge in [-0.1, -0.05) is 26.7 Å². The first-order valence-electron chi connectivity index (χ1n) is 6.13. The van der Waals surface area contributed by atoms with E-state index in [1.165, 1.54) is 6.42 Å². The molecule has 0 saturated heterocycles. The van der Waals surface area contributed by atoms with Crippen LogP contribution in [-0.4, -0.2) is 29.3 Å². The molecule has 4 nitrogen and oxygen atoms in total. The van der Waals surface area contributed by atoms with Crippen LogP contribution in [0.5, 0.6) is 0 Å². The zero-order chi connectivity index (χ0) is 12.2. The van der Waals surface area contributed by atoms with E-state index >= 15 is 0 Å². The third-order valence-electron chi connectivity index (χ3n) is 3.46. The number of hydrogen-bond donors (Lipinski definition) is 2. The van der Waals surface area contributed by atoms with Crippen molar-refractivity contribution >= 4 is 5.97 Å². The summed E-state index contributed by atoms with van der Waals surface area (Å²) in [6.45, 7) is 4.42. The van der Waals surface area contributed by atoms with Crippen LogP contribution in [0.15, 0.2) is 0 Å². The number of nitrogens with two attached hydrogens (primary N) is 1. The lowest BCUT2D eigenvalue weighted by Gasteiger charge is -2.40. The summed E-state index contributed by atoms with van der Waals surface area (Å²) in [7, 11) is 0. The highest BCUT2D eigenvalue weighted by molar-refractivity contribution is 5.72. The minimum absolute atomic E-state index is 0.406. The SMILES string of the molecule is CCC(OC1(CN)CCCC(C)C1)C(=O)O. The molecule has 0 spiro atoms. The quantitative estimate of drug-likeness (QED) is 0.753. The summed E-state index contributed by atoms with van der Waals surface area (Å²) in [5, 5.41) is 9.01. The molecule has 4 heteroatoms. The monoisotopic (exact) mass is 229 g/mol. The third kappa shape index (κ3) is 3.19. The molecule has 1 aliphatic carbocycles. The van der Waals surface area contributed by atoms with Crippen molar-refractivity contribution in [1.82, 2.24) is 0 Å². The Hall–Kier alpha value is -0.610. The number of carbonyl (C=O) groups is 1. The Morgan fingerprint density at radius 2 is 2.38 bits per heavy atom. The van der Waals surface area contributed by atoms with Gasteiger partial charge in [0.05, 0.1) is 5.60 Å². The second-order valence-corrected chi connectivity index (χ2v) is 4.94. The van der Waals surface area contributed by atoms with Crippen molar-refractivity contribution in [2.45, 2.75) is 57.7 Å². The molecule has 3 N–H and O–H groups in total. The first-order chi connectivity index (χ1) is 7.53. The van der Waals surface area contributed by atoms with E-state index in [0.29, 0.717) is 18.9 Å². The van der Waals surface area contributed by atoms with Crippen LogP contribution in [0.2, 0.25) is 0 Å². The zero-order valence-corrected chi connectivity index (χ0v) is 10.2. The van der Waals surface area contributed by atoms with E-state index in [9.17, 15) is 4.79 Å². The lowest BCUT2D eigenvalue weighted by molar-refractivity contribution is -0.169. The molecule has 16 heavy (non-hydrogen) atoms. The van der Waals surface area contributed by atoms with E-state index in [4.69, 9.17) is 15.6 Å². The molecule has 0 aliphatic heterocycles. The Bertz CT molecular complexity index is 244. The van der Waals surface area contributed by atoms with Gasteiger partial charge >= 0.3 is 5.97 Å². The fraction of sp³-hybridized carbons (Fsp3) is 0.917. The van der Waals surface area contributed by atoms with Gasteiger partial charge < -0.3 is 15.6 Å². The van der Waals surface area contributed by atoms with Crippen molar-refractivity contribution in [3.05, 3.63) is 0 Å². The maximum Gasteiger partial charge on any atom is 0.332 e. The first kappa shape index (κ1) is 13.5. The zero-order valence-electron chi connectivity index (χ0n) is 10.2. The molecular weight excluding hydrogens is 206 g/mol. The molecule has 0 amide bonds. The van der Waals surface area contributed by atoms with Crippen LogP contribution in [0.25, 0.3) is 0 Å². The van der Waals surface area contributed by atoms with Gasteiger partial charge in [-0.15, -0.1) is 0 Å². The normalized spacial score (nSPS) is 32.3. The smallest absolute Gasteiger partial charge is 0.332 e. The predicted molar refractivity (Wildman–Crippen MR) is 62.2 cm³/mol. The van der Waals surface area contributed by atoms with Crippen LogP contribution in [0.4, 0.5) is 0 Å². The van der Waals surface area contributed by atoms with E-state index in [1.54, 1.807) is 0 Å². The second-order valence-electron chi connectivity index (χ2n) is 4.94. The lowest BCUT2D eigenvalue weighted by Crippen LogP contribution is -2.48. The third-order valence-corrected chi connectivity index (χ3v) is 3.46. The number of carboxylic acid groups (broad SMARTS) is 1. The average molecular weight is 229 g/mol. The fourth-order valence-electron chi connectivity index (χ4n) is 2.56. The molecule has 0 aromatic rings. The summed E-state index contributed by atoms with van der Waals surface area (Å²) in [6.07, 6.45) is 3.81. The minimum Gasteiger partial charge on any atom is -0.479 e. The number of carboxylic acids is 1. The maximum absolute atomic E-state index is 11.0. The van der Waals surface area contributed by atoms with Crippen LogP contribution in [-0.2, 0) is 9.53 Å². The Balaban J connectivity index is 2.68. The predicted octanol–water partition coefficient (Wildman–Crippen LogP) is 1.77. The first-order valence-corrected chi connectivity index (χ1v) is 6.13. The van der Waals surface area contributed by atoms with Crippen molar-refractivity contribution in [3.8, 4) is 0 Å². The van der Waals surface area contributed by atoms with Crippen molar-refractivity contribution in [2.24, 2.45) is 11.7 Å². The maximum atomic E-state index is 11.0. The Kier molecular flexibility index (Phi) is 4.74. The minimum atomic E-state index is -0.881. The van der Waals surface area contributed by atoms with Gasteiger partial charge in [0.15, 0.2) is 6.10 Å². The molecule has 94 valence electrons. The molecule has 0 radical (unpaired) electrons. The molecule has 3 unspecified atom stereocenters. The summed E-state index contributed by atoms with van der Waals surface area (Å²) in [5.41, 5.74) is 5.38. The fourth-order valence-corrected chi connectivity index (χ4v) is 2.56. The van der Waals surface area contributed by atoms with Gasteiger partial charge in [-0.25, -0.2) is 4.79 Å². The van der Waals surface area contributed by atoms with Gasteiger partial charge in [0.25, 0.3) is 0 Å². The molecule has 3 atom stereocenters. The van der Waals surface area contributed by atoms with Crippen molar-refractivity contribution < 1.29 is 14.6 Å². The molecule has 0 bridgehead atoms. The Morgan fingerprint density at radius 3 is 2.81 bits per heavy atom. The number of hydrogen-bond acceptors (Lipinski definition) is 3. The topological polar surface area (TPSA) is 72.5 Å². The van der Waals surface area contributed by atoms with E-state index in [1.807, 2.05) is 6.92 Å². The molecule has 0 heterocycles. The van der Waals surface area contributed by atoms with Crippen molar-refractivity contribution in [3.63, 3.8) is 0 Å². The summed E-state index contributed by atoms with van der Waals surface area (Å²) < 4.78 is 5.78. The molecule has 1 rings (SSSR count). The highest BCUT2D eigenvalue weighted by Gasteiger charge is 2.38. The van der Waals surface area contributed by atoms with Gasteiger partial charge in [-0.3, -0.25) is 0 Å². The average Bonchev–Trinajstić information content (AvgIpc) is 2.25. The number of ether oxygens (including phenoxy) is 1. The van der Waals surface area contributed by atoms with Gasteiger partial charge in [0.2, 0.25) is 0 Å². The van der Waals surface area contributed by atoms with E-state index in [2.05, 4.69) is 6.92 Å².